The van der Waals surface area contributed by atoms with Gasteiger partial charge in [0.2, 0.25) is 10.0 Å². The number of methoxy groups -OCH3 is 1. The van der Waals surface area contributed by atoms with Crippen LogP contribution in [0.2, 0.25) is 0 Å². The van der Waals surface area contributed by atoms with Gasteiger partial charge in [0.1, 0.15) is 0 Å². The van der Waals surface area contributed by atoms with Crippen LogP contribution in [0.15, 0.2) is 0 Å². The summed E-state index contributed by atoms with van der Waals surface area (Å²) in [6.45, 7) is 3.29. The van der Waals surface area contributed by atoms with Gasteiger partial charge < -0.3 is 10.1 Å². The van der Waals surface area contributed by atoms with Crippen molar-refractivity contribution in [1.29, 1.82) is 0 Å². The molecular formula is C13H27N3O3S. The Morgan fingerprint density at radius 2 is 2.05 bits per heavy atom. The Hall–Kier alpha value is -0.210. The van der Waals surface area contributed by atoms with Crippen LogP contribution in [-0.2, 0) is 14.8 Å². The van der Waals surface area contributed by atoms with Crippen molar-refractivity contribution in [1.82, 2.24) is 14.9 Å². The Morgan fingerprint density at radius 1 is 1.25 bits per heavy atom. The fraction of sp³-hybridized carbons (Fsp3) is 1.00. The number of ether oxygens (including phenoxy) is 1. The van der Waals surface area contributed by atoms with Gasteiger partial charge >= 0.3 is 0 Å². The molecular weight excluding hydrogens is 278 g/mol. The van der Waals surface area contributed by atoms with E-state index in [0.29, 0.717) is 31.3 Å². The van der Waals surface area contributed by atoms with Gasteiger partial charge in [-0.3, -0.25) is 4.90 Å². The highest BCUT2D eigenvalue weighted by Crippen LogP contribution is 2.27. The first-order chi connectivity index (χ1) is 9.49. The highest BCUT2D eigenvalue weighted by molar-refractivity contribution is 7.88. The maximum absolute atomic E-state index is 11.0. The van der Waals surface area contributed by atoms with E-state index >= 15 is 0 Å². The summed E-state index contributed by atoms with van der Waals surface area (Å²) in [7, 11) is -1.29. The minimum absolute atomic E-state index is 0.378. The van der Waals surface area contributed by atoms with Gasteiger partial charge in [-0.2, -0.15) is 0 Å². The van der Waals surface area contributed by atoms with Crippen LogP contribution in [-0.4, -0.2) is 71.0 Å². The molecule has 0 aromatic rings. The van der Waals surface area contributed by atoms with Crippen molar-refractivity contribution in [2.45, 2.75) is 43.9 Å². The number of rotatable bonds is 7. The smallest absolute Gasteiger partial charge is 0.208 e. The van der Waals surface area contributed by atoms with Crippen LogP contribution >= 0.6 is 0 Å². The average molecular weight is 305 g/mol. The molecule has 0 radical (unpaired) electrons. The van der Waals surface area contributed by atoms with Gasteiger partial charge in [0.05, 0.1) is 12.4 Å². The number of nitrogens with zero attached hydrogens (tertiary/aromatic N) is 1. The first-order valence-corrected chi connectivity index (χ1v) is 9.33. The molecule has 6 nitrogen and oxygen atoms in total. The molecule has 1 saturated heterocycles. The molecule has 1 aliphatic carbocycles. The van der Waals surface area contributed by atoms with Gasteiger partial charge in [-0.1, -0.05) is 6.42 Å². The molecule has 1 unspecified atom stereocenters. The standard InChI is InChI=1S/C13H27N3O3S/c1-19-11-6-9-16(10-11)13-5-3-4-12(13)14-7-8-15-20(2,17)18/h11-15H,3-10H2,1-2H3/t11?,12-,13+/m1/s1. The van der Waals surface area contributed by atoms with Gasteiger partial charge in [-0.25, -0.2) is 13.1 Å². The fourth-order valence-electron chi connectivity index (χ4n) is 3.36. The molecule has 7 heteroatoms. The molecule has 20 heavy (non-hydrogen) atoms. The highest BCUT2D eigenvalue weighted by Gasteiger charge is 2.35. The van der Waals surface area contributed by atoms with E-state index < -0.39 is 10.0 Å². The van der Waals surface area contributed by atoms with Crippen molar-refractivity contribution in [3.05, 3.63) is 0 Å². The third-order valence-corrected chi connectivity index (χ3v) is 5.08. The van der Waals surface area contributed by atoms with Gasteiger partial charge in [-0.05, 0) is 19.3 Å². The summed E-state index contributed by atoms with van der Waals surface area (Å²) in [4.78, 5) is 2.53. The van der Waals surface area contributed by atoms with Crippen LogP contribution in [0.5, 0.6) is 0 Å². The second-order valence-corrected chi connectivity index (χ2v) is 7.70. The Morgan fingerprint density at radius 3 is 2.70 bits per heavy atom. The lowest BCUT2D eigenvalue weighted by atomic mass is 10.1. The lowest BCUT2D eigenvalue weighted by Gasteiger charge is -2.30. The Bertz CT molecular complexity index is 402. The quantitative estimate of drug-likeness (QED) is 0.636. The van der Waals surface area contributed by atoms with E-state index in [4.69, 9.17) is 4.74 Å². The summed E-state index contributed by atoms with van der Waals surface area (Å²) in [6.07, 6.45) is 6.35. The van der Waals surface area contributed by atoms with Crippen molar-refractivity contribution in [2.75, 3.05) is 39.5 Å². The van der Waals surface area contributed by atoms with E-state index in [1.54, 1.807) is 7.11 Å². The average Bonchev–Trinajstić information content (AvgIpc) is 3.01. The molecule has 0 aromatic heterocycles. The van der Waals surface area contributed by atoms with E-state index in [2.05, 4.69) is 14.9 Å². The summed E-state index contributed by atoms with van der Waals surface area (Å²) >= 11 is 0. The van der Waals surface area contributed by atoms with Crippen LogP contribution in [0.3, 0.4) is 0 Å². The first-order valence-electron chi connectivity index (χ1n) is 7.44. The van der Waals surface area contributed by atoms with Crippen molar-refractivity contribution in [2.24, 2.45) is 0 Å². The molecule has 0 spiro atoms. The van der Waals surface area contributed by atoms with Crippen molar-refractivity contribution < 1.29 is 13.2 Å². The highest BCUT2D eigenvalue weighted by atomic mass is 32.2. The summed E-state index contributed by atoms with van der Waals surface area (Å²) < 4.78 is 30.0. The van der Waals surface area contributed by atoms with Crippen molar-refractivity contribution in [3.8, 4) is 0 Å². The maximum Gasteiger partial charge on any atom is 0.208 e. The van der Waals surface area contributed by atoms with E-state index in [1.165, 1.54) is 25.5 Å². The monoisotopic (exact) mass is 305 g/mol. The topological polar surface area (TPSA) is 70.7 Å². The summed E-state index contributed by atoms with van der Waals surface area (Å²) in [6, 6.07) is 1.06. The third kappa shape index (κ3) is 4.66. The Balaban J connectivity index is 1.74. The molecule has 118 valence electrons. The number of sulfonamides is 1. The molecule has 1 saturated carbocycles. The largest absolute Gasteiger partial charge is 0.380 e. The van der Waals surface area contributed by atoms with E-state index in [0.717, 1.165) is 19.5 Å². The SMILES string of the molecule is COC1CCN([C@H]2CCC[C@H]2NCCNS(C)(=O)=O)C1. The van der Waals surface area contributed by atoms with E-state index in [1.807, 2.05) is 0 Å². The molecule has 1 aliphatic heterocycles. The third-order valence-electron chi connectivity index (χ3n) is 4.35. The molecule has 2 N–H and O–H groups in total. The normalized spacial score (nSPS) is 32.0. The lowest BCUT2D eigenvalue weighted by molar-refractivity contribution is 0.0981. The van der Waals surface area contributed by atoms with Crippen LogP contribution in [0, 0.1) is 0 Å². The van der Waals surface area contributed by atoms with E-state index in [9.17, 15) is 8.42 Å². The number of nitrogens with one attached hydrogen (secondary N) is 2. The minimum Gasteiger partial charge on any atom is -0.380 e. The zero-order valence-electron chi connectivity index (χ0n) is 12.5. The predicted octanol–water partition coefficient (Wildman–Crippen LogP) is -0.233. The number of likely N-dealkylation sites (tertiary alicyclic amines) is 1. The predicted molar refractivity (Wildman–Crippen MR) is 79.3 cm³/mol. The fourth-order valence-corrected chi connectivity index (χ4v) is 3.83. The molecule has 2 fully saturated rings. The zero-order valence-corrected chi connectivity index (χ0v) is 13.3. The van der Waals surface area contributed by atoms with E-state index in [-0.39, 0.29) is 0 Å². The van der Waals surface area contributed by atoms with Crippen LogP contribution in [0.4, 0.5) is 0 Å². The maximum atomic E-state index is 11.0. The minimum atomic E-state index is -3.08. The molecule has 0 bridgehead atoms. The van der Waals surface area contributed by atoms with Crippen molar-refractivity contribution in [3.63, 3.8) is 0 Å². The van der Waals surface area contributed by atoms with Gasteiger partial charge in [0.15, 0.2) is 0 Å². The van der Waals surface area contributed by atoms with Gasteiger partial charge in [-0.15, -0.1) is 0 Å². The molecule has 1 heterocycles. The van der Waals surface area contributed by atoms with Crippen molar-refractivity contribution >= 4 is 10.0 Å². The molecule has 2 aliphatic rings. The zero-order chi connectivity index (χ0) is 14.6. The lowest BCUT2D eigenvalue weighted by Crippen LogP contribution is -2.48. The number of hydrogen-bond donors (Lipinski definition) is 2. The Kier molecular flexibility index (Phi) is 5.80. The van der Waals surface area contributed by atoms with Crippen LogP contribution < -0.4 is 10.0 Å². The molecule has 2 rings (SSSR count). The first kappa shape index (κ1) is 16.2. The van der Waals surface area contributed by atoms with Crippen LogP contribution in [0.25, 0.3) is 0 Å². The molecule has 3 atom stereocenters. The summed E-state index contributed by atoms with van der Waals surface area (Å²) in [5, 5.41) is 3.50. The molecule has 0 aromatic carbocycles. The van der Waals surface area contributed by atoms with Crippen LogP contribution in [0.1, 0.15) is 25.7 Å². The number of hydrogen-bond acceptors (Lipinski definition) is 5. The Labute approximate surface area is 122 Å². The second kappa shape index (κ2) is 7.17. The van der Waals surface area contributed by atoms with Gasteiger partial charge in [0.25, 0.3) is 0 Å². The summed E-state index contributed by atoms with van der Waals surface area (Å²) in [5.74, 6) is 0. The second-order valence-electron chi connectivity index (χ2n) is 5.87. The summed E-state index contributed by atoms with van der Waals surface area (Å²) in [5.41, 5.74) is 0. The molecule has 0 amide bonds. The van der Waals surface area contributed by atoms with Gasteiger partial charge in [0, 0.05) is 45.4 Å².